The molecule has 0 unspecified atom stereocenters. The number of phenolic OH excluding ortho intramolecular Hbond substituents is 1. The minimum absolute atomic E-state index is 0.0552. The highest BCUT2D eigenvalue weighted by molar-refractivity contribution is 5.52. The van der Waals surface area contributed by atoms with Gasteiger partial charge in [0.25, 0.3) is 0 Å². The summed E-state index contributed by atoms with van der Waals surface area (Å²) in [6, 6.07) is 4.97. The first-order chi connectivity index (χ1) is 8.15. The van der Waals surface area contributed by atoms with Gasteiger partial charge in [0.2, 0.25) is 0 Å². The van der Waals surface area contributed by atoms with Crippen LogP contribution < -0.4 is 10.5 Å². The van der Waals surface area contributed by atoms with Gasteiger partial charge in [-0.15, -0.1) is 0 Å². The first-order valence-corrected chi connectivity index (χ1v) is 5.72. The predicted molar refractivity (Wildman–Crippen MR) is 63.6 cm³/mol. The molecule has 2 rings (SSSR count). The molecule has 1 aromatic rings. The number of rotatable bonds is 4. The number of methoxy groups -OCH3 is 1. The highest BCUT2D eigenvalue weighted by Crippen LogP contribution is 2.41. The molecule has 0 saturated heterocycles. The Bertz CT molecular complexity index is 461. The van der Waals surface area contributed by atoms with Crippen molar-refractivity contribution in [3.8, 4) is 17.6 Å². The fourth-order valence-electron chi connectivity index (χ4n) is 1.97. The van der Waals surface area contributed by atoms with E-state index >= 15 is 0 Å². The molecule has 1 aromatic carbocycles. The molecule has 1 fully saturated rings. The summed E-state index contributed by atoms with van der Waals surface area (Å²) in [5, 5.41) is 18.9. The van der Waals surface area contributed by atoms with Crippen LogP contribution >= 0.6 is 0 Å². The molecule has 1 aliphatic rings. The minimum Gasteiger partial charge on any atom is -0.504 e. The van der Waals surface area contributed by atoms with Crippen molar-refractivity contribution < 1.29 is 9.84 Å². The number of nitrogens with two attached hydrogens (primary N) is 1. The average Bonchev–Trinajstić information content (AvgIpc) is 3.13. The van der Waals surface area contributed by atoms with Crippen LogP contribution in [0.15, 0.2) is 12.1 Å². The van der Waals surface area contributed by atoms with Gasteiger partial charge in [0.15, 0.2) is 11.5 Å². The first kappa shape index (κ1) is 11.7. The summed E-state index contributed by atoms with van der Waals surface area (Å²) in [4.78, 5) is 0. The number of nitriles is 1. The number of hydrogen-bond acceptors (Lipinski definition) is 4. The van der Waals surface area contributed by atoms with E-state index in [9.17, 15) is 5.11 Å². The molecule has 1 aliphatic carbocycles. The van der Waals surface area contributed by atoms with Crippen molar-refractivity contribution in [3.63, 3.8) is 0 Å². The van der Waals surface area contributed by atoms with Gasteiger partial charge in [-0.1, -0.05) is 12.8 Å². The molecule has 4 nitrogen and oxygen atoms in total. The fourth-order valence-corrected chi connectivity index (χ4v) is 1.97. The van der Waals surface area contributed by atoms with Gasteiger partial charge in [-0.05, 0) is 18.4 Å². The van der Waals surface area contributed by atoms with E-state index in [1.807, 2.05) is 6.07 Å². The van der Waals surface area contributed by atoms with Gasteiger partial charge in [0.05, 0.1) is 18.7 Å². The molecule has 17 heavy (non-hydrogen) atoms. The standard InChI is InChI=1S/C13H16N2O2/c1-17-12-6-9(7-14)4-10(13(12)16)11(15)5-8-2-3-8/h4,6,8,11,16H,2-3,5,15H2,1H3/t11-/m0/s1. The van der Waals surface area contributed by atoms with Gasteiger partial charge in [0.1, 0.15) is 0 Å². The van der Waals surface area contributed by atoms with Crippen LogP contribution in [0.3, 0.4) is 0 Å². The topological polar surface area (TPSA) is 79.3 Å². The Morgan fingerprint density at radius 2 is 2.29 bits per heavy atom. The molecular weight excluding hydrogens is 216 g/mol. The van der Waals surface area contributed by atoms with Gasteiger partial charge in [-0.25, -0.2) is 0 Å². The van der Waals surface area contributed by atoms with Crippen molar-refractivity contribution in [2.75, 3.05) is 7.11 Å². The van der Waals surface area contributed by atoms with Crippen LogP contribution in [-0.4, -0.2) is 12.2 Å². The van der Waals surface area contributed by atoms with E-state index in [0.29, 0.717) is 22.8 Å². The smallest absolute Gasteiger partial charge is 0.162 e. The molecule has 3 N–H and O–H groups in total. The van der Waals surface area contributed by atoms with Crippen molar-refractivity contribution >= 4 is 0 Å². The Morgan fingerprint density at radius 3 is 2.82 bits per heavy atom. The molecule has 0 amide bonds. The van der Waals surface area contributed by atoms with Crippen LogP contribution in [0.5, 0.6) is 11.5 Å². The summed E-state index contributed by atoms with van der Waals surface area (Å²) in [5.41, 5.74) is 7.12. The summed E-state index contributed by atoms with van der Waals surface area (Å²) in [6.45, 7) is 0. The lowest BCUT2D eigenvalue weighted by atomic mass is 9.98. The van der Waals surface area contributed by atoms with Gasteiger partial charge in [0, 0.05) is 17.7 Å². The molecule has 0 aromatic heterocycles. The van der Waals surface area contributed by atoms with Crippen molar-refractivity contribution in [2.24, 2.45) is 11.7 Å². The molecule has 0 spiro atoms. The lowest BCUT2D eigenvalue weighted by Crippen LogP contribution is -2.12. The minimum atomic E-state index is -0.232. The highest BCUT2D eigenvalue weighted by atomic mass is 16.5. The van der Waals surface area contributed by atoms with Crippen molar-refractivity contribution in [1.29, 1.82) is 5.26 Å². The zero-order valence-corrected chi connectivity index (χ0v) is 9.81. The van der Waals surface area contributed by atoms with E-state index in [-0.39, 0.29) is 11.8 Å². The van der Waals surface area contributed by atoms with E-state index in [4.69, 9.17) is 15.7 Å². The monoisotopic (exact) mass is 232 g/mol. The quantitative estimate of drug-likeness (QED) is 0.832. The summed E-state index contributed by atoms with van der Waals surface area (Å²) < 4.78 is 5.04. The maximum Gasteiger partial charge on any atom is 0.162 e. The SMILES string of the molecule is COc1cc(C#N)cc([C@@H](N)CC2CC2)c1O. The second kappa shape index (κ2) is 4.64. The molecular formula is C13H16N2O2. The second-order valence-electron chi connectivity index (χ2n) is 4.51. The van der Waals surface area contributed by atoms with Crippen LogP contribution in [0.2, 0.25) is 0 Å². The fraction of sp³-hybridized carbons (Fsp3) is 0.462. The summed E-state index contributed by atoms with van der Waals surface area (Å²) in [5.74, 6) is 1.03. The number of nitrogens with zero attached hydrogens (tertiary/aromatic N) is 1. The van der Waals surface area contributed by atoms with Crippen molar-refractivity contribution in [1.82, 2.24) is 0 Å². The Morgan fingerprint density at radius 1 is 1.59 bits per heavy atom. The molecule has 1 atom stereocenters. The van der Waals surface area contributed by atoms with Crippen LogP contribution in [0, 0.1) is 17.2 Å². The molecule has 0 heterocycles. The Labute approximate surface area is 101 Å². The van der Waals surface area contributed by atoms with Gasteiger partial charge >= 0.3 is 0 Å². The summed E-state index contributed by atoms with van der Waals surface area (Å²) in [6.07, 6.45) is 3.28. The summed E-state index contributed by atoms with van der Waals surface area (Å²) >= 11 is 0. The molecule has 1 saturated carbocycles. The normalized spacial score (nSPS) is 16.3. The van der Waals surface area contributed by atoms with Gasteiger partial charge < -0.3 is 15.6 Å². The van der Waals surface area contributed by atoms with E-state index in [2.05, 4.69) is 0 Å². The Hall–Kier alpha value is -1.73. The van der Waals surface area contributed by atoms with Crippen LogP contribution in [0.1, 0.15) is 36.4 Å². The largest absolute Gasteiger partial charge is 0.504 e. The molecule has 0 radical (unpaired) electrons. The van der Waals surface area contributed by atoms with E-state index < -0.39 is 0 Å². The van der Waals surface area contributed by atoms with Crippen LogP contribution in [0.25, 0.3) is 0 Å². The van der Waals surface area contributed by atoms with E-state index in [1.165, 1.54) is 26.0 Å². The number of benzene rings is 1. The Kier molecular flexibility index (Phi) is 3.21. The lowest BCUT2D eigenvalue weighted by molar-refractivity contribution is 0.367. The number of phenols is 1. The molecule has 4 heteroatoms. The maximum atomic E-state index is 10.00. The zero-order chi connectivity index (χ0) is 12.4. The summed E-state index contributed by atoms with van der Waals surface area (Å²) in [7, 11) is 1.46. The first-order valence-electron chi connectivity index (χ1n) is 5.72. The molecule has 0 aliphatic heterocycles. The van der Waals surface area contributed by atoms with Crippen molar-refractivity contribution in [3.05, 3.63) is 23.3 Å². The number of hydrogen-bond donors (Lipinski definition) is 2. The van der Waals surface area contributed by atoms with E-state index in [1.54, 1.807) is 6.07 Å². The van der Waals surface area contributed by atoms with Gasteiger partial charge in [-0.3, -0.25) is 0 Å². The second-order valence-corrected chi connectivity index (χ2v) is 4.51. The van der Waals surface area contributed by atoms with Gasteiger partial charge in [-0.2, -0.15) is 5.26 Å². The van der Waals surface area contributed by atoms with Crippen molar-refractivity contribution in [2.45, 2.75) is 25.3 Å². The third-order valence-corrected chi connectivity index (χ3v) is 3.14. The van der Waals surface area contributed by atoms with Crippen LogP contribution in [-0.2, 0) is 0 Å². The molecule has 0 bridgehead atoms. The third-order valence-electron chi connectivity index (χ3n) is 3.14. The lowest BCUT2D eigenvalue weighted by Gasteiger charge is -2.15. The Balaban J connectivity index is 2.33. The highest BCUT2D eigenvalue weighted by Gasteiger charge is 2.26. The number of ether oxygens (including phenoxy) is 1. The molecule has 90 valence electrons. The maximum absolute atomic E-state index is 10.00. The number of aromatic hydroxyl groups is 1. The third kappa shape index (κ3) is 2.51. The zero-order valence-electron chi connectivity index (χ0n) is 9.81. The van der Waals surface area contributed by atoms with Crippen LogP contribution in [0.4, 0.5) is 0 Å². The predicted octanol–water partition coefficient (Wildman–Crippen LogP) is 2.07. The van der Waals surface area contributed by atoms with E-state index in [0.717, 1.165) is 6.42 Å². The average molecular weight is 232 g/mol.